The number of halogens is 1. The first-order valence-corrected chi connectivity index (χ1v) is 7.77. The van der Waals surface area contributed by atoms with Crippen molar-refractivity contribution in [2.24, 2.45) is 7.05 Å². The van der Waals surface area contributed by atoms with E-state index < -0.39 is 0 Å². The Bertz CT molecular complexity index is 676. The Balaban J connectivity index is 1.59. The van der Waals surface area contributed by atoms with Crippen molar-refractivity contribution in [1.29, 1.82) is 0 Å². The molecule has 0 saturated carbocycles. The number of rotatable bonds is 4. The van der Waals surface area contributed by atoms with Crippen LogP contribution in [-0.4, -0.2) is 34.6 Å². The summed E-state index contributed by atoms with van der Waals surface area (Å²) in [5.41, 5.74) is 1.55. The first-order chi connectivity index (χ1) is 10.6. The van der Waals surface area contributed by atoms with Gasteiger partial charge in [0.15, 0.2) is 0 Å². The lowest BCUT2D eigenvalue weighted by Crippen LogP contribution is -2.47. The van der Waals surface area contributed by atoms with Gasteiger partial charge in [0, 0.05) is 20.0 Å². The number of imidazole rings is 1. The predicted molar refractivity (Wildman–Crippen MR) is 83.0 cm³/mol. The number of carbonyl (C=O) groups is 1. The lowest BCUT2D eigenvalue weighted by Gasteiger charge is -2.22. The summed E-state index contributed by atoms with van der Waals surface area (Å²) < 4.78 is 15.2. The third-order valence-electron chi connectivity index (χ3n) is 4.21. The van der Waals surface area contributed by atoms with E-state index in [1.54, 1.807) is 6.07 Å². The third-order valence-corrected chi connectivity index (χ3v) is 4.21. The first-order valence-electron chi connectivity index (χ1n) is 7.77. The molecule has 1 aliphatic heterocycles. The van der Waals surface area contributed by atoms with Crippen LogP contribution in [0.25, 0.3) is 11.0 Å². The minimum absolute atomic E-state index is 0.0597. The Kier molecular flexibility index (Phi) is 4.38. The highest BCUT2D eigenvalue weighted by atomic mass is 19.1. The van der Waals surface area contributed by atoms with E-state index in [0.29, 0.717) is 13.0 Å². The van der Waals surface area contributed by atoms with E-state index >= 15 is 0 Å². The molecule has 0 radical (unpaired) electrons. The van der Waals surface area contributed by atoms with E-state index in [2.05, 4.69) is 15.6 Å². The van der Waals surface area contributed by atoms with Gasteiger partial charge >= 0.3 is 0 Å². The smallest absolute Gasteiger partial charge is 0.237 e. The monoisotopic (exact) mass is 304 g/mol. The van der Waals surface area contributed by atoms with Crippen molar-refractivity contribution in [3.05, 3.63) is 29.8 Å². The number of nitrogens with zero attached hydrogens (tertiary/aromatic N) is 2. The average molecular weight is 304 g/mol. The molecule has 6 heteroatoms. The quantitative estimate of drug-likeness (QED) is 0.900. The minimum Gasteiger partial charge on any atom is -0.354 e. The van der Waals surface area contributed by atoms with Gasteiger partial charge in [-0.15, -0.1) is 0 Å². The summed E-state index contributed by atoms with van der Waals surface area (Å²) in [6.07, 6.45) is 3.77. The largest absolute Gasteiger partial charge is 0.354 e. The molecule has 118 valence electrons. The van der Waals surface area contributed by atoms with Crippen molar-refractivity contribution in [2.45, 2.75) is 31.7 Å². The van der Waals surface area contributed by atoms with Crippen LogP contribution in [0.5, 0.6) is 0 Å². The van der Waals surface area contributed by atoms with E-state index in [1.165, 1.54) is 12.1 Å². The maximum atomic E-state index is 13.3. The summed E-state index contributed by atoms with van der Waals surface area (Å²) >= 11 is 0. The molecule has 1 amide bonds. The van der Waals surface area contributed by atoms with Crippen molar-refractivity contribution in [1.82, 2.24) is 20.2 Å². The van der Waals surface area contributed by atoms with Gasteiger partial charge in [0.05, 0.1) is 17.1 Å². The molecule has 0 unspecified atom stereocenters. The van der Waals surface area contributed by atoms with Crippen LogP contribution in [0.1, 0.15) is 25.1 Å². The number of hydrogen-bond donors (Lipinski definition) is 2. The average Bonchev–Trinajstić information content (AvgIpc) is 2.84. The van der Waals surface area contributed by atoms with Crippen molar-refractivity contribution >= 4 is 16.9 Å². The van der Waals surface area contributed by atoms with Crippen molar-refractivity contribution in [3.8, 4) is 0 Å². The summed E-state index contributed by atoms with van der Waals surface area (Å²) in [5, 5.41) is 6.19. The molecule has 0 bridgehead atoms. The SMILES string of the molecule is Cn1c(CCNC(=O)[C@H]2CCCCN2)nc2ccc(F)cc21. The van der Waals surface area contributed by atoms with Gasteiger partial charge in [0.25, 0.3) is 0 Å². The number of nitrogens with one attached hydrogen (secondary N) is 2. The fraction of sp³-hybridized carbons (Fsp3) is 0.500. The molecule has 5 nitrogen and oxygen atoms in total. The molecule has 1 saturated heterocycles. The summed E-state index contributed by atoms with van der Waals surface area (Å²) in [7, 11) is 1.87. The fourth-order valence-electron chi connectivity index (χ4n) is 2.93. The Morgan fingerprint density at radius 2 is 2.36 bits per heavy atom. The number of fused-ring (bicyclic) bond motifs is 1. The zero-order valence-electron chi connectivity index (χ0n) is 12.7. The van der Waals surface area contributed by atoms with E-state index in [-0.39, 0.29) is 17.8 Å². The standard InChI is InChI=1S/C16H21FN4O/c1-21-14-10-11(17)5-6-12(14)20-15(21)7-9-19-16(22)13-4-2-3-8-18-13/h5-6,10,13,18H,2-4,7-9H2,1H3,(H,19,22)/t13-/m1/s1. The molecule has 1 fully saturated rings. The van der Waals surface area contributed by atoms with Gasteiger partial charge in [0.2, 0.25) is 5.91 Å². The molecule has 2 heterocycles. The second-order valence-corrected chi connectivity index (χ2v) is 5.76. The summed E-state index contributed by atoms with van der Waals surface area (Å²) in [6, 6.07) is 4.51. The predicted octanol–water partition coefficient (Wildman–Crippen LogP) is 1.51. The molecular formula is C16H21FN4O. The normalized spacial score (nSPS) is 18.5. The maximum absolute atomic E-state index is 13.3. The molecule has 2 aromatic rings. The minimum atomic E-state index is -0.265. The van der Waals surface area contributed by atoms with Crippen molar-refractivity contribution in [2.75, 3.05) is 13.1 Å². The number of benzene rings is 1. The van der Waals surface area contributed by atoms with E-state index in [1.807, 2.05) is 11.6 Å². The van der Waals surface area contributed by atoms with Crippen molar-refractivity contribution < 1.29 is 9.18 Å². The topological polar surface area (TPSA) is 59.0 Å². The second-order valence-electron chi connectivity index (χ2n) is 5.76. The van der Waals surface area contributed by atoms with Gasteiger partial charge in [-0.05, 0) is 37.6 Å². The Labute approximate surface area is 128 Å². The summed E-state index contributed by atoms with van der Waals surface area (Å²) in [6.45, 7) is 1.45. The van der Waals surface area contributed by atoms with Gasteiger partial charge in [0.1, 0.15) is 11.6 Å². The third kappa shape index (κ3) is 3.11. The van der Waals surface area contributed by atoms with Crippen molar-refractivity contribution in [3.63, 3.8) is 0 Å². The van der Waals surface area contributed by atoms with Gasteiger partial charge in [-0.1, -0.05) is 6.42 Å². The summed E-state index contributed by atoms with van der Waals surface area (Å²) in [5.74, 6) is 0.640. The highest BCUT2D eigenvalue weighted by Crippen LogP contribution is 2.16. The number of piperidine rings is 1. The number of aromatic nitrogens is 2. The van der Waals surface area contributed by atoms with Crippen LogP contribution in [-0.2, 0) is 18.3 Å². The fourth-order valence-corrected chi connectivity index (χ4v) is 2.93. The molecule has 0 aliphatic carbocycles. The van der Waals surface area contributed by atoms with Crippen LogP contribution < -0.4 is 10.6 Å². The van der Waals surface area contributed by atoms with Crippen LogP contribution in [0.3, 0.4) is 0 Å². The highest BCUT2D eigenvalue weighted by molar-refractivity contribution is 5.81. The number of hydrogen-bond acceptors (Lipinski definition) is 3. The number of carbonyl (C=O) groups excluding carboxylic acids is 1. The molecule has 3 rings (SSSR count). The molecule has 2 N–H and O–H groups in total. The van der Waals surface area contributed by atoms with Crippen LogP contribution in [0, 0.1) is 5.82 Å². The molecule has 1 atom stereocenters. The van der Waals surface area contributed by atoms with Crippen LogP contribution in [0.4, 0.5) is 4.39 Å². The zero-order valence-corrected chi connectivity index (χ0v) is 12.7. The lowest BCUT2D eigenvalue weighted by atomic mass is 10.0. The number of aryl methyl sites for hydroxylation is 1. The molecule has 1 aromatic carbocycles. The van der Waals surface area contributed by atoms with E-state index in [0.717, 1.165) is 42.7 Å². The Morgan fingerprint density at radius 3 is 3.14 bits per heavy atom. The van der Waals surface area contributed by atoms with E-state index in [9.17, 15) is 9.18 Å². The zero-order chi connectivity index (χ0) is 15.5. The first kappa shape index (κ1) is 15.0. The van der Waals surface area contributed by atoms with Crippen LogP contribution in [0.15, 0.2) is 18.2 Å². The van der Waals surface area contributed by atoms with Gasteiger partial charge in [-0.3, -0.25) is 4.79 Å². The van der Waals surface area contributed by atoms with Gasteiger partial charge in [-0.25, -0.2) is 9.37 Å². The highest BCUT2D eigenvalue weighted by Gasteiger charge is 2.20. The molecule has 1 aromatic heterocycles. The maximum Gasteiger partial charge on any atom is 0.237 e. The van der Waals surface area contributed by atoms with E-state index in [4.69, 9.17) is 0 Å². The molecule has 0 spiro atoms. The van der Waals surface area contributed by atoms with Crippen LogP contribution >= 0.6 is 0 Å². The summed E-state index contributed by atoms with van der Waals surface area (Å²) in [4.78, 5) is 16.5. The molecular weight excluding hydrogens is 283 g/mol. The molecule has 22 heavy (non-hydrogen) atoms. The lowest BCUT2D eigenvalue weighted by molar-refractivity contribution is -0.123. The molecule has 1 aliphatic rings. The number of amides is 1. The Morgan fingerprint density at radius 1 is 1.50 bits per heavy atom. The van der Waals surface area contributed by atoms with Crippen LogP contribution in [0.2, 0.25) is 0 Å². The van der Waals surface area contributed by atoms with Gasteiger partial charge < -0.3 is 15.2 Å². The Hall–Kier alpha value is -1.95. The van der Waals surface area contributed by atoms with Gasteiger partial charge in [-0.2, -0.15) is 0 Å². The second kappa shape index (κ2) is 6.44.